The minimum Gasteiger partial charge on any atom is -0.398 e. The number of halogens is 2. The van der Waals surface area contributed by atoms with Crippen LogP contribution in [0.25, 0.3) is 0 Å². The van der Waals surface area contributed by atoms with Crippen molar-refractivity contribution in [2.45, 2.75) is 6.92 Å². The fraction of sp³-hybridized carbons (Fsp3) is 0.0769. The van der Waals surface area contributed by atoms with Gasteiger partial charge in [0.25, 0.3) is 5.91 Å². The number of amides is 1. The fourth-order valence-corrected chi connectivity index (χ4v) is 1.85. The molecule has 3 N–H and O–H groups in total. The Hall–Kier alpha value is -1.59. The van der Waals surface area contributed by atoms with Crippen LogP contribution in [0.3, 0.4) is 0 Å². The van der Waals surface area contributed by atoms with Crippen molar-refractivity contribution in [1.82, 2.24) is 4.98 Å². The van der Waals surface area contributed by atoms with Gasteiger partial charge in [0, 0.05) is 5.56 Å². The molecule has 0 spiro atoms. The Morgan fingerprint density at radius 1 is 1.42 bits per heavy atom. The van der Waals surface area contributed by atoms with Crippen LogP contribution in [-0.2, 0) is 0 Å². The van der Waals surface area contributed by atoms with E-state index in [4.69, 9.17) is 17.3 Å². The van der Waals surface area contributed by atoms with Crippen LogP contribution >= 0.6 is 27.5 Å². The van der Waals surface area contributed by atoms with E-state index in [1.54, 1.807) is 18.3 Å². The molecule has 0 atom stereocenters. The summed E-state index contributed by atoms with van der Waals surface area (Å²) >= 11 is 9.11. The third-order valence-electron chi connectivity index (χ3n) is 2.53. The lowest BCUT2D eigenvalue weighted by atomic mass is 10.2. The summed E-state index contributed by atoms with van der Waals surface area (Å²) in [4.78, 5) is 16.1. The lowest BCUT2D eigenvalue weighted by molar-refractivity contribution is 0.102. The van der Waals surface area contributed by atoms with Crippen molar-refractivity contribution >= 4 is 44.8 Å². The Kier molecular flexibility index (Phi) is 4.07. The largest absolute Gasteiger partial charge is 0.398 e. The first kappa shape index (κ1) is 13.8. The molecular formula is C13H11BrClN3O. The van der Waals surface area contributed by atoms with E-state index < -0.39 is 0 Å². The normalized spacial score (nSPS) is 10.3. The molecule has 0 bridgehead atoms. The maximum Gasteiger partial charge on any atom is 0.255 e. The second kappa shape index (κ2) is 5.59. The number of rotatable bonds is 2. The minimum atomic E-state index is -0.258. The van der Waals surface area contributed by atoms with Gasteiger partial charge >= 0.3 is 0 Å². The summed E-state index contributed by atoms with van der Waals surface area (Å²) in [6.07, 6.45) is 1.58. The number of hydrogen-bond donors (Lipinski definition) is 2. The average Bonchev–Trinajstić information content (AvgIpc) is 2.37. The predicted molar refractivity (Wildman–Crippen MR) is 80.5 cm³/mol. The van der Waals surface area contributed by atoms with E-state index in [1.807, 2.05) is 13.0 Å². The maximum absolute atomic E-state index is 12.0. The van der Waals surface area contributed by atoms with E-state index in [1.165, 1.54) is 6.07 Å². The number of nitrogens with zero attached hydrogens (tertiary/aromatic N) is 1. The zero-order chi connectivity index (χ0) is 14.0. The van der Waals surface area contributed by atoms with E-state index in [2.05, 4.69) is 26.2 Å². The molecule has 4 nitrogen and oxygen atoms in total. The van der Waals surface area contributed by atoms with Crippen LogP contribution in [0.4, 0.5) is 11.4 Å². The first-order valence-corrected chi connectivity index (χ1v) is 6.63. The van der Waals surface area contributed by atoms with Gasteiger partial charge in [-0.3, -0.25) is 4.79 Å². The SMILES string of the molecule is Cc1cc(NC(=O)c2ccc(Cl)c(N)c2)cnc1Br. The van der Waals surface area contributed by atoms with Gasteiger partial charge in [-0.1, -0.05) is 11.6 Å². The Morgan fingerprint density at radius 3 is 2.79 bits per heavy atom. The fourth-order valence-electron chi connectivity index (χ4n) is 1.51. The zero-order valence-electron chi connectivity index (χ0n) is 10.1. The lowest BCUT2D eigenvalue weighted by Crippen LogP contribution is -2.12. The van der Waals surface area contributed by atoms with Crippen molar-refractivity contribution < 1.29 is 4.79 Å². The first-order chi connectivity index (χ1) is 8.97. The van der Waals surface area contributed by atoms with Gasteiger partial charge in [-0.15, -0.1) is 0 Å². The molecule has 19 heavy (non-hydrogen) atoms. The number of anilines is 2. The second-order valence-corrected chi connectivity index (χ2v) is 5.18. The Morgan fingerprint density at radius 2 is 2.16 bits per heavy atom. The number of nitrogen functional groups attached to an aromatic ring is 1. The highest BCUT2D eigenvalue weighted by molar-refractivity contribution is 9.10. The summed E-state index contributed by atoms with van der Waals surface area (Å²) in [7, 11) is 0. The molecular weight excluding hydrogens is 330 g/mol. The van der Waals surface area contributed by atoms with Gasteiger partial charge in [0.05, 0.1) is 22.6 Å². The molecule has 0 unspecified atom stereocenters. The van der Waals surface area contributed by atoms with Crippen LogP contribution in [-0.4, -0.2) is 10.9 Å². The lowest BCUT2D eigenvalue weighted by Gasteiger charge is -2.07. The van der Waals surface area contributed by atoms with E-state index in [0.29, 0.717) is 22.0 Å². The van der Waals surface area contributed by atoms with Gasteiger partial charge in [-0.2, -0.15) is 0 Å². The highest BCUT2D eigenvalue weighted by atomic mass is 79.9. The van der Waals surface area contributed by atoms with Crippen molar-refractivity contribution in [3.63, 3.8) is 0 Å². The van der Waals surface area contributed by atoms with Crippen LogP contribution in [0.2, 0.25) is 5.02 Å². The number of benzene rings is 1. The number of pyridine rings is 1. The molecule has 98 valence electrons. The number of aryl methyl sites for hydroxylation is 1. The van der Waals surface area contributed by atoms with Gasteiger partial charge in [0.2, 0.25) is 0 Å². The van der Waals surface area contributed by atoms with Crippen molar-refractivity contribution in [1.29, 1.82) is 0 Å². The molecule has 0 saturated carbocycles. The van der Waals surface area contributed by atoms with Crippen LogP contribution in [0, 0.1) is 6.92 Å². The molecule has 1 amide bonds. The Labute approximate surface area is 124 Å². The molecule has 0 radical (unpaired) electrons. The number of nitrogens with one attached hydrogen (secondary N) is 1. The summed E-state index contributed by atoms with van der Waals surface area (Å²) in [6.45, 7) is 1.90. The van der Waals surface area contributed by atoms with Gasteiger partial charge in [-0.25, -0.2) is 4.98 Å². The number of hydrogen-bond acceptors (Lipinski definition) is 3. The molecule has 0 saturated heterocycles. The zero-order valence-corrected chi connectivity index (χ0v) is 12.4. The molecule has 0 aliphatic heterocycles. The molecule has 2 rings (SSSR count). The Balaban J connectivity index is 2.20. The summed E-state index contributed by atoms with van der Waals surface area (Å²) in [5.41, 5.74) is 8.05. The number of aromatic nitrogens is 1. The molecule has 0 aliphatic rings. The van der Waals surface area contributed by atoms with Crippen molar-refractivity contribution in [3.05, 3.63) is 51.2 Å². The predicted octanol–water partition coefficient (Wildman–Crippen LogP) is 3.64. The molecule has 1 aromatic heterocycles. The van der Waals surface area contributed by atoms with Crippen LogP contribution in [0.15, 0.2) is 35.1 Å². The van der Waals surface area contributed by atoms with E-state index >= 15 is 0 Å². The van der Waals surface area contributed by atoms with Gasteiger partial charge < -0.3 is 11.1 Å². The average molecular weight is 341 g/mol. The summed E-state index contributed by atoms with van der Waals surface area (Å²) in [6, 6.07) is 6.58. The second-order valence-electron chi connectivity index (χ2n) is 4.02. The quantitative estimate of drug-likeness (QED) is 0.648. The van der Waals surface area contributed by atoms with E-state index in [0.717, 1.165) is 10.2 Å². The van der Waals surface area contributed by atoms with Gasteiger partial charge in [-0.05, 0) is 52.7 Å². The monoisotopic (exact) mass is 339 g/mol. The number of carbonyl (C=O) groups is 1. The van der Waals surface area contributed by atoms with Crippen LogP contribution in [0.5, 0.6) is 0 Å². The molecule has 1 heterocycles. The molecule has 0 fully saturated rings. The smallest absolute Gasteiger partial charge is 0.255 e. The minimum absolute atomic E-state index is 0.258. The maximum atomic E-state index is 12.0. The highest BCUT2D eigenvalue weighted by Gasteiger charge is 2.09. The molecule has 2 aromatic rings. The topological polar surface area (TPSA) is 68.0 Å². The van der Waals surface area contributed by atoms with Crippen LogP contribution < -0.4 is 11.1 Å². The standard InChI is InChI=1S/C13H11BrClN3O/c1-7-4-9(6-17-12(7)14)18-13(19)8-2-3-10(15)11(16)5-8/h2-6H,16H2,1H3,(H,18,19). The summed E-state index contributed by atoms with van der Waals surface area (Å²) < 4.78 is 0.751. The number of nitrogens with two attached hydrogens (primary N) is 1. The Bertz CT molecular complexity index is 646. The van der Waals surface area contributed by atoms with Crippen molar-refractivity contribution in [2.75, 3.05) is 11.1 Å². The van der Waals surface area contributed by atoms with E-state index in [9.17, 15) is 4.79 Å². The van der Waals surface area contributed by atoms with Crippen LogP contribution in [0.1, 0.15) is 15.9 Å². The number of carbonyl (C=O) groups excluding carboxylic acids is 1. The first-order valence-electron chi connectivity index (χ1n) is 5.46. The van der Waals surface area contributed by atoms with Crippen molar-refractivity contribution in [3.8, 4) is 0 Å². The van der Waals surface area contributed by atoms with Gasteiger partial charge in [0.15, 0.2) is 0 Å². The summed E-state index contributed by atoms with van der Waals surface area (Å²) in [5, 5.41) is 3.18. The molecule has 6 heteroatoms. The summed E-state index contributed by atoms with van der Waals surface area (Å²) in [5.74, 6) is -0.258. The van der Waals surface area contributed by atoms with Gasteiger partial charge in [0.1, 0.15) is 4.60 Å². The molecule has 0 aliphatic carbocycles. The third-order valence-corrected chi connectivity index (χ3v) is 3.70. The van der Waals surface area contributed by atoms with Crippen molar-refractivity contribution in [2.24, 2.45) is 0 Å². The highest BCUT2D eigenvalue weighted by Crippen LogP contribution is 2.21. The molecule has 1 aromatic carbocycles. The van der Waals surface area contributed by atoms with E-state index in [-0.39, 0.29) is 5.91 Å². The third kappa shape index (κ3) is 3.24.